The van der Waals surface area contributed by atoms with Gasteiger partial charge in [0.2, 0.25) is 0 Å². The van der Waals surface area contributed by atoms with Gasteiger partial charge in [-0.2, -0.15) is 0 Å². The summed E-state index contributed by atoms with van der Waals surface area (Å²) < 4.78 is 18.0. The first-order valence-electron chi connectivity index (χ1n) is 5.82. The predicted molar refractivity (Wildman–Crippen MR) is 68.3 cm³/mol. The first-order valence-corrected chi connectivity index (χ1v) is 5.82. The molecule has 0 aliphatic carbocycles. The summed E-state index contributed by atoms with van der Waals surface area (Å²) >= 11 is 0. The molecule has 2 aromatic carbocycles. The number of phenolic OH excluding ortho intramolecular Hbond substituents is 1. The van der Waals surface area contributed by atoms with Crippen LogP contribution in [0.15, 0.2) is 48.5 Å². The Morgan fingerprint density at radius 3 is 2.53 bits per heavy atom. The molecule has 1 atom stereocenters. The molecule has 0 amide bonds. The van der Waals surface area contributed by atoms with Gasteiger partial charge in [0.25, 0.3) is 0 Å². The monoisotopic (exact) mass is 260 g/mol. The Balaban J connectivity index is 2.08. The number of aromatic hydroxyl groups is 1. The van der Waals surface area contributed by atoms with E-state index in [4.69, 9.17) is 4.74 Å². The molecule has 98 valence electrons. The number of benzene rings is 2. The Morgan fingerprint density at radius 1 is 1.21 bits per heavy atom. The van der Waals surface area contributed by atoms with Crippen LogP contribution in [0.4, 0.5) is 4.39 Å². The minimum absolute atomic E-state index is 0.00360. The second-order valence-corrected chi connectivity index (χ2v) is 4.15. The van der Waals surface area contributed by atoms with Crippen molar-refractivity contribution in [1.82, 2.24) is 0 Å². The number of hydrogen-bond acceptors (Lipinski definition) is 3. The summed E-state index contributed by atoms with van der Waals surface area (Å²) in [6, 6.07) is 11.7. The second-order valence-electron chi connectivity index (χ2n) is 4.15. The minimum atomic E-state index is -0.535. The fourth-order valence-electron chi connectivity index (χ4n) is 1.66. The van der Waals surface area contributed by atoms with Crippen LogP contribution in [0.1, 0.15) is 28.9 Å². The van der Waals surface area contributed by atoms with Crippen LogP contribution < -0.4 is 0 Å². The average molecular weight is 260 g/mol. The van der Waals surface area contributed by atoms with Gasteiger partial charge in [0.15, 0.2) is 0 Å². The Labute approximate surface area is 110 Å². The highest BCUT2D eigenvalue weighted by molar-refractivity contribution is 5.89. The Morgan fingerprint density at radius 2 is 1.89 bits per heavy atom. The summed E-state index contributed by atoms with van der Waals surface area (Å²) in [5.41, 5.74) is 0.976. The summed E-state index contributed by atoms with van der Waals surface area (Å²) in [5, 5.41) is 9.29. The third-order valence-corrected chi connectivity index (χ3v) is 2.71. The third-order valence-electron chi connectivity index (χ3n) is 2.71. The summed E-state index contributed by atoms with van der Waals surface area (Å²) in [7, 11) is 0. The van der Waals surface area contributed by atoms with Crippen molar-refractivity contribution in [3.63, 3.8) is 0 Å². The maximum Gasteiger partial charge on any atom is 0.338 e. The molecule has 0 spiro atoms. The Bertz CT molecular complexity index is 578. The lowest BCUT2D eigenvalue weighted by molar-refractivity contribution is 0.0337. The number of carbonyl (C=O) groups is 1. The van der Waals surface area contributed by atoms with Crippen molar-refractivity contribution in [3.05, 3.63) is 65.5 Å². The molecule has 4 heteroatoms. The molecule has 1 N–H and O–H groups in total. The van der Waals surface area contributed by atoms with E-state index >= 15 is 0 Å². The minimum Gasteiger partial charge on any atom is -0.508 e. The number of phenols is 1. The zero-order valence-electron chi connectivity index (χ0n) is 10.3. The summed E-state index contributed by atoms with van der Waals surface area (Å²) in [4.78, 5) is 11.8. The van der Waals surface area contributed by atoms with E-state index in [9.17, 15) is 14.3 Å². The highest BCUT2D eigenvalue weighted by atomic mass is 19.1. The molecule has 0 saturated carbocycles. The standard InChI is InChI=1S/C15H13FO3/c1-10(11-5-7-13(16)8-6-11)19-15(18)12-3-2-4-14(17)9-12/h2-10,17H,1H3/t10-/m1/s1. The smallest absolute Gasteiger partial charge is 0.338 e. The normalized spacial score (nSPS) is 11.9. The van der Waals surface area contributed by atoms with E-state index in [1.165, 1.54) is 24.3 Å². The quantitative estimate of drug-likeness (QED) is 0.860. The summed E-state index contributed by atoms with van der Waals surface area (Å²) in [6.07, 6.45) is -0.490. The lowest BCUT2D eigenvalue weighted by Gasteiger charge is -2.13. The zero-order valence-corrected chi connectivity index (χ0v) is 10.3. The molecule has 0 bridgehead atoms. The second kappa shape index (κ2) is 5.52. The zero-order chi connectivity index (χ0) is 13.8. The molecular formula is C15H13FO3. The molecule has 2 aromatic rings. The van der Waals surface area contributed by atoms with Crippen LogP contribution in [-0.2, 0) is 4.74 Å². The molecule has 0 heterocycles. The number of ether oxygens (including phenoxy) is 1. The maximum atomic E-state index is 12.8. The topological polar surface area (TPSA) is 46.5 Å². The van der Waals surface area contributed by atoms with Crippen LogP contribution in [0, 0.1) is 5.82 Å². The Kier molecular flexibility index (Phi) is 3.80. The first kappa shape index (κ1) is 13.1. The van der Waals surface area contributed by atoms with Gasteiger partial charge in [0.1, 0.15) is 17.7 Å². The highest BCUT2D eigenvalue weighted by Crippen LogP contribution is 2.20. The van der Waals surface area contributed by atoms with E-state index in [0.29, 0.717) is 5.56 Å². The molecular weight excluding hydrogens is 247 g/mol. The van der Waals surface area contributed by atoms with Gasteiger partial charge >= 0.3 is 5.97 Å². The fourth-order valence-corrected chi connectivity index (χ4v) is 1.66. The lowest BCUT2D eigenvalue weighted by Crippen LogP contribution is -2.09. The van der Waals surface area contributed by atoms with E-state index in [2.05, 4.69) is 0 Å². The van der Waals surface area contributed by atoms with Crippen LogP contribution >= 0.6 is 0 Å². The van der Waals surface area contributed by atoms with E-state index in [-0.39, 0.29) is 17.1 Å². The number of esters is 1. The van der Waals surface area contributed by atoms with Gasteiger partial charge in [-0.1, -0.05) is 18.2 Å². The molecule has 0 fully saturated rings. The average Bonchev–Trinajstić information content (AvgIpc) is 2.39. The molecule has 0 unspecified atom stereocenters. The molecule has 0 saturated heterocycles. The van der Waals surface area contributed by atoms with Crippen molar-refractivity contribution >= 4 is 5.97 Å². The van der Waals surface area contributed by atoms with Gasteiger partial charge in [-0.25, -0.2) is 9.18 Å². The van der Waals surface area contributed by atoms with Gasteiger partial charge in [-0.3, -0.25) is 0 Å². The van der Waals surface area contributed by atoms with Crippen LogP contribution in [0.25, 0.3) is 0 Å². The van der Waals surface area contributed by atoms with Crippen LogP contribution in [-0.4, -0.2) is 11.1 Å². The number of carbonyl (C=O) groups excluding carboxylic acids is 1. The highest BCUT2D eigenvalue weighted by Gasteiger charge is 2.14. The van der Waals surface area contributed by atoms with Gasteiger partial charge in [-0.05, 0) is 42.8 Å². The van der Waals surface area contributed by atoms with Crippen molar-refractivity contribution in [2.75, 3.05) is 0 Å². The molecule has 3 nitrogen and oxygen atoms in total. The van der Waals surface area contributed by atoms with E-state index < -0.39 is 12.1 Å². The van der Waals surface area contributed by atoms with Crippen molar-refractivity contribution in [2.24, 2.45) is 0 Å². The van der Waals surface area contributed by atoms with Crippen LogP contribution in [0.2, 0.25) is 0 Å². The van der Waals surface area contributed by atoms with Crippen molar-refractivity contribution in [2.45, 2.75) is 13.0 Å². The van der Waals surface area contributed by atoms with Gasteiger partial charge < -0.3 is 9.84 Å². The third kappa shape index (κ3) is 3.31. The molecule has 19 heavy (non-hydrogen) atoms. The van der Waals surface area contributed by atoms with Crippen molar-refractivity contribution in [3.8, 4) is 5.75 Å². The first-order chi connectivity index (χ1) is 9.06. The fraction of sp³-hybridized carbons (Fsp3) is 0.133. The summed E-state index contributed by atoms with van der Waals surface area (Å²) in [6.45, 7) is 1.70. The van der Waals surface area contributed by atoms with Gasteiger partial charge in [-0.15, -0.1) is 0 Å². The van der Waals surface area contributed by atoms with Gasteiger partial charge in [0, 0.05) is 0 Å². The van der Waals surface area contributed by atoms with E-state index in [1.54, 1.807) is 31.2 Å². The van der Waals surface area contributed by atoms with Crippen LogP contribution in [0.3, 0.4) is 0 Å². The van der Waals surface area contributed by atoms with Gasteiger partial charge in [0.05, 0.1) is 5.56 Å². The SMILES string of the molecule is C[C@@H](OC(=O)c1cccc(O)c1)c1ccc(F)cc1. The van der Waals surface area contributed by atoms with E-state index in [0.717, 1.165) is 0 Å². The van der Waals surface area contributed by atoms with Crippen molar-refractivity contribution in [1.29, 1.82) is 0 Å². The number of rotatable bonds is 3. The molecule has 0 aromatic heterocycles. The maximum absolute atomic E-state index is 12.8. The molecule has 0 radical (unpaired) electrons. The molecule has 0 aliphatic rings. The largest absolute Gasteiger partial charge is 0.508 e. The van der Waals surface area contributed by atoms with Crippen LogP contribution in [0.5, 0.6) is 5.75 Å². The number of halogens is 1. The molecule has 2 rings (SSSR count). The number of hydrogen-bond donors (Lipinski definition) is 1. The summed E-state index contributed by atoms with van der Waals surface area (Å²) in [5.74, 6) is -0.869. The lowest BCUT2D eigenvalue weighted by atomic mass is 10.1. The molecule has 0 aliphatic heterocycles. The van der Waals surface area contributed by atoms with E-state index in [1.807, 2.05) is 0 Å². The van der Waals surface area contributed by atoms with Crippen molar-refractivity contribution < 1.29 is 19.0 Å². The predicted octanol–water partition coefficient (Wildman–Crippen LogP) is 3.45. The Hall–Kier alpha value is -2.36.